The number of aryl methyl sites for hydroxylation is 5. The first kappa shape index (κ1) is 27.7. The van der Waals surface area contributed by atoms with Crippen LogP contribution in [-0.2, 0) is 0 Å². The number of imidazole rings is 1. The van der Waals surface area contributed by atoms with E-state index in [9.17, 15) is 0 Å². The SMILES string of the molecule is Cc1cn2nc(-c3ccccc3)/c(=C/C=C3N(c4c(C)cccc4C)c4nc5ccccc5nc4N3c3c(C)cccc3C)c2n1. The predicted octanol–water partition coefficient (Wildman–Crippen LogP) is 8.21. The minimum Gasteiger partial charge on any atom is -0.276 e. The summed E-state index contributed by atoms with van der Waals surface area (Å²) in [6.45, 7) is 10.6. The number of hydrogen-bond acceptors (Lipinski definition) is 6. The van der Waals surface area contributed by atoms with E-state index in [1.165, 1.54) is 0 Å². The largest absolute Gasteiger partial charge is 0.276 e. The molecule has 7 nitrogen and oxygen atoms in total. The number of para-hydroxylation sites is 4. The number of rotatable bonds is 4. The molecule has 3 aromatic heterocycles. The van der Waals surface area contributed by atoms with Crippen LogP contribution in [0.3, 0.4) is 0 Å². The molecule has 4 heterocycles. The van der Waals surface area contributed by atoms with Crippen molar-refractivity contribution in [2.24, 2.45) is 0 Å². The van der Waals surface area contributed by atoms with Gasteiger partial charge < -0.3 is 0 Å². The van der Waals surface area contributed by atoms with Gasteiger partial charge in [0.05, 0.1) is 34.3 Å². The average molecular weight is 600 g/mol. The third-order valence-electron chi connectivity index (χ3n) is 8.70. The highest BCUT2D eigenvalue weighted by molar-refractivity contribution is 5.96. The second-order valence-corrected chi connectivity index (χ2v) is 12.0. The number of aromatic nitrogens is 5. The fourth-order valence-corrected chi connectivity index (χ4v) is 6.64. The molecule has 0 aliphatic carbocycles. The van der Waals surface area contributed by atoms with Crippen molar-refractivity contribution in [1.82, 2.24) is 24.6 Å². The van der Waals surface area contributed by atoms with Gasteiger partial charge in [0.25, 0.3) is 0 Å². The monoisotopic (exact) mass is 599 g/mol. The highest BCUT2D eigenvalue weighted by Gasteiger charge is 2.39. The Morgan fingerprint density at radius 3 is 1.61 bits per heavy atom. The zero-order chi connectivity index (χ0) is 31.5. The fraction of sp³-hybridized carbons (Fsp3) is 0.128. The molecule has 8 rings (SSSR count). The van der Waals surface area contributed by atoms with Gasteiger partial charge >= 0.3 is 0 Å². The van der Waals surface area contributed by atoms with Crippen molar-refractivity contribution in [1.29, 1.82) is 0 Å². The van der Waals surface area contributed by atoms with E-state index in [4.69, 9.17) is 20.1 Å². The van der Waals surface area contributed by atoms with Gasteiger partial charge in [-0.2, -0.15) is 5.10 Å². The van der Waals surface area contributed by atoms with Crippen molar-refractivity contribution in [3.63, 3.8) is 0 Å². The molecule has 224 valence electrons. The third kappa shape index (κ3) is 4.35. The van der Waals surface area contributed by atoms with Gasteiger partial charge in [0, 0.05) is 10.8 Å². The lowest BCUT2D eigenvalue weighted by Gasteiger charge is -2.28. The summed E-state index contributed by atoms with van der Waals surface area (Å²) in [5.41, 5.74) is 12.2. The fourth-order valence-electron chi connectivity index (χ4n) is 6.64. The molecule has 0 unspecified atom stereocenters. The molecule has 0 bridgehead atoms. The van der Waals surface area contributed by atoms with Gasteiger partial charge in [-0.05, 0) is 81.2 Å². The van der Waals surface area contributed by atoms with Crippen LogP contribution in [0.15, 0.2) is 109 Å². The lowest BCUT2D eigenvalue weighted by Crippen LogP contribution is -2.24. The van der Waals surface area contributed by atoms with Crippen molar-refractivity contribution < 1.29 is 0 Å². The van der Waals surface area contributed by atoms with Gasteiger partial charge in [-0.25, -0.2) is 19.5 Å². The van der Waals surface area contributed by atoms with Crippen LogP contribution < -0.4 is 15.0 Å². The van der Waals surface area contributed by atoms with Crippen LogP contribution in [-0.4, -0.2) is 24.6 Å². The van der Waals surface area contributed by atoms with Crippen LogP contribution in [0.25, 0.3) is 34.0 Å². The number of nitrogens with zero attached hydrogens (tertiary/aromatic N) is 7. The Balaban J connectivity index is 1.48. The Kier molecular flexibility index (Phi) is 6.42. The maximum Gasteiger partial charge on any atom is 0.183 e. The summed E-state index contributed by atoms with van der Waals surface area (Å²) in [5.74, 6) is 2.52. The lowest BCUT2D eigenvalue weighted by atomic mass is 10.1. The smallest absolute Gasteiger partial charge is 0.183 e. The number of fused-ring (bicyclic) bond motifs is 3. The van der Waals surface area contributed by atoms with Crippen LogP contribution in [0.4, 0.5) is 23.0 Å². The van der Waals surface area contributed by atoms with E-state index in [0.29, 0.717) is 0 Å². The quantitative estimate of drug-likeness (QED) is 0.203. The van der Waals surface area contributed by atoms with Crippen molar-refractivity contribution in [3.8, 4) is 11.3 Å². The van der Waals surface area contributed by atoms with Gasteiger partial charge in [-0.1, -0.05) is 78.9 Å². The van der Waals surface area contributed by atoms with E-state index in [1.54, 1.807) is 0 Å². The summed E-state index contributed by atoms with van der Waals surface area (Å²) >= 11 is 0. The molecule has 0 atom stereocenters. The third-order valence-corrected chi connectivity index (χ3v) is 8.70. The molecule has 1 aliphatic heterocycles. The summed E-state index contributed by atoms with van der Waals surface area (Å²) in [4.78, 5) is 20.0. The van der Waals surface area contributed by atoms with E-state index in [2.05, 4.69) is 98.2 Å². The number of benzene rings is 4. The Morgan fingerprint density at radius 2 is 1.07 bits per heavy atom. The number of hydrogen-bond donors (Lipinski definition) is 0. The van der Waals surface area contributed by atoms with Crippen LogP contribution in [0.5, 0.6) is 0 Å². The first-order valence-corrected chi connectivity index (χ1v) is 15.5. The Labute approximate surface area is 267 Å². The van der Waals surface area contributed by atoms with E-state index in [0.717, 1.165) is 89.9 Å². The molecular weight excluding hydrogens is 566 g/mol. The molecule has 1 aliphatic rings. The second kappa shape index (κ2) is 10.7. The molecular formula is C39H33N7. The summed E-state index contributed by atoms with van der Waals surface area (Å²) < 4.78 is 1.88. The molecule has 0 saturated carbocycles. The van der Waals surface area contributed by atoms with Crippen LogP contribution in [0.1, 0.15) is 27.9 Å². The Morgan fingerprint density at radius 1 is 0.543 bits per heavy atom. The zero-order valence-corrected chi connectivity index (χ0v) is 26.5. The van der Waals surface area contributed by atoms with E-state index < -0.39 is 0 Å². The topological polar surface area (TPSA) is 62.5 Å². The number of allylic oxidation sites excluding steroid dienone is 1. The normalized spacial score (nSPS) is 13.3. The lowest BCUT2D eigenvalue weighted by molar-refractivity contribution is 0.975. The molecule has 0 radical (unpaired) electrons. The predicted molar refractivity (Wildman–Crippen MR) is 187 cm³/mol. The molecule has 7 aromatic rings. The standard InChI is InChI=1S/C39H33N7/c1-24-13-11-14-25(2)35(24)45-33(22-21-30-34(29-17-7-6-8-18-29)43-44-23-28(5)40-37(30)44)46(36-26(3)15-12-16-27(36)4)39-38(45)41-31-19-9-10-20-32(31)42-39/h6-23H,1-5H3/b30-21-. The van der Waals surface area contributed by atoms with Crippen molar-refractivity contribution in [2.75, 3.05) is 9.80 Å². The van der Waals surface area contributed by atoms with Crippen molar-refractivity contribution in [2.45, 2.75) is 34.6 Å². The summed E-state index contributed by atoms with van der Waals surface area (Å²) in [6.07, 6.45) is 6.31. The summed E-state index contributed by atoms with van der Waals surface area (Å²) in [6, 6.07) is 31.2. The van der Waals surface area contributed by atoms with Gasteiger partial charge in [0.1, 0.15) is 11.5 Å². The summed E-state index contributed by atoms with van der Waals surface area (Å²) in [7, 11) is 0. The van der Waals surface area contributed by atoms with E-state index in [-0.39, 0.29) is 0 Å². The molecule has 7 heteroatoms. The Bertz CT molecular complexity index is 2250. The molecule has 0 fully saturated rings. The van der Waals surface area contributed by atoms with Gasteiger partial charge in [0.15, 0.2) is 17.3 Å². The first-order valence-electron chi connectivity index (χ1n) is 15.5. The van der Waals surface area contributed by atoms with Crippen molar-refractivity contribution >= 4 is 45.8 Å². The summed E-state index contributed by atoms with van der Waals surface area (Å²) in [5, 5.41) is 5.93. The molecule has 46 heavy (non-hydrogen) atoms. The highest BCUT2D eigenvalue weighted by Crippen LogP contribution is 2.51. The Hall–Kier alpha value is -5.82. The highest BCUT2D eigenvalue weighted by atomic mass is 15.5. The maximum absolute atomic E-state index is 5.28. The van der Waals surface area contributed by atoms with Crippen LogP contribution >= 0.6 is 0 Å². The van der Waals surface area contributed by atoms with Gasteiger partial charge in [-0.3, -0.25) is 9.80 Å². The first-order chi connectivity index (χ1) is 22.4. The van der Waals surface area contributed by atoms with Gasteiger partial charge in [-0.15, -0.1) is 0 Å². The van der Waals surface area contributed by atoms with E-state index >= 15 is 0 Å². The molecule has 0 N–H and O–H groups in total. The minimum absolute atomic E-state index is 0.795. The minimum atomic E-state index is 0.795. The molecule has 0 amide bonds. The molecule has 0 spiro atoms. The van der Waals surface area contributed by atoms with Gasteiger partial charge in [0.2, 0.25) is 0 Å². The van der Waals surface area contributed by atoms with Crippen LogP contribution in [0, 0.1) is 34.6 Å². The maximum atomic E-state index is 5.28. The second-order valence-electron chi connectivity index (χ2n) is 12.0. The van der Waals surface area contributed by atoms with Crippen LogP contribution in [0.2, 0.25) is 0 Å². The van der Waals surface area contributed by atoms with Crippen molar-refractivity contribution in [3.05, 3.63) is 142 Å². The molecule has 0 saturated heterocycles. The average Bonchev–Trinajstić information content (AvgIpc) is 3.67. The zero-order valence-electron chi connectivity index (χ0n) is 26.5. The molecule has 4 aromatic carbocycles. The number of anilines is 4. The van der Waals surface area contributed by atoms with E-state index in [1.807, 2.05) is 60.1 Å².